The van der Waals surface area contributed by atoms with Gasteiger partial charge in [0.15, 0.2) is 9.84 Å². The minimum Gasteiger partial charge on any atom is -0.475 e. The first-order valence-electron chi connectivity index (χ1n) is 14.6. The number of anilines is 1. The molecule has 4 rings (SSSR count). The van der Waals surface area contributed by atoms with E-state index in [0.29, 0.717) is 46.4 Å². The second kappa shape index (κ2) is 18.4. The van der Waals surface area contributed by atoms with E-state index in [-0.39, 0.29) is 23.2 Å². The number of carbonyl (C=O) groups is 3. The van der Waals surface area contributed by atoms with Gasteiger partial charge in [0.05, 0.1) is 17.5 Å². The molecule has 0 fully saturated rings. The third-order valence-electron chi connectivity index (χ3n) is 6.63. The highest BCUT2D eigenvalue weighted by Crippen LogP contribution is 2.30. The molecule has 13 nitrogen and oxygen atoms in total. The molecule has 274 valence electrons. The highest BCUT2D eigenvalue weighted by molar-refractivity contribution is 7.90. The van der Waals surface area contributed by atoms with E-state index >= 15 is 0 Å². The number of urea groups is 1. The number of carboxylic acid groups (broad SMARTS) is 1. The van der Waals surface area contributed by atoms with Crippen LogP contribution < -0.4 is 16.0 Å². The number of sulfone groups is 1. The molecule has 0 radical (unpaired) electrons. The summed E-state index contributed by atoms with van der Waals surface area (Å²) in [5.41, 5.74) is 2.94. The maximum absolute atomic E-state index is 13.1. The molecule has 3 amide bonds. The first kappa shape index (κ1) is 40.6. The molecule has 1 heterocycles. The number of aliphatic carboxylic acids is 1. The number of amides is 3. The van der Waals surface area contributed by atoms with Crippen LogP contribution in [0.5, 0.6) is 0 Å². The number of ether oxygens (including phenoxy) is 2. The number of H-pyrrole nitrogens is 1. The molecular weight excluding hydrogens is 742 g/mol. The predicted molar refractivity (Wildman–Crippen MR) is 182 cm³/mol. The van der Waals surface area contributed by atoms with E-state index in [1.54, 1.807) is 24.3 Å². The highest BCUT2D eigenvalue weighted by atomic mass is 35.5. The lowest BCUT2D eigenvalue weighted by Gasteiger charge is -2.18. The summed E-state index contributed by atoms with van der Waals surface area (Å²) in [6.45, 7) is 0.349. The largest absolute Gasteiger partial charge is 0.490 e. The van der Waals surface area contributed by atoms with E-state index in [9.17, 15) is 31.2 Å². The molecule has 0 spiro atoms. The normalized spacial score (nSPS) is 11.8. The van der Waals surface area contributed by atoms with Gasteiger partial charge in [-0.05, 0) is 47.9 Å². The average Bonchev–Trinajstić information content (AvgIpc) is 3.45. The van der Waals surface area contributed by atoms with Gasteiger partial charge < -0.3 is 30.2 Å². The second-order valence-corrected chi connectivity index (χ2v) is 13.3. The summed E-state index contributed by atoms with van der Waals surface area (Å²) in [6, 6.07) is 19.6. The van der Waals surface area contributed by atoms with Gasteiger partial charge in [0.2, 0.25) is 0 Å². The Hall–Kier alpha value is -4.84. The lowest BCUT2D eigenvalue weighted by molar-refractivity contribution is -0.192. The van der Waals surface area contributed by atoms with Crippen molar-refractivity contribution in [2.45, 2.75) is 30.1 Å². The van der Waals surface area contributed by atoms with E-state index in [1.165, 1.54) is 25.3 Å². The molecule has 1 aromatic heterocycles. The van der Waals surface area contributed by atoms with Crippen molar-refractivity contribution >= 4 is 56.8 Å². The summed E-state index contributed by atoms with van der Waals surface area (Å²) in [5.74, 6) is -2.35. The molecule has 0 aliphatic carbocycles. The zero-order valence-electron chi connectivity index (χ0n) is 26.9. The zero-order valence-corrected chi connectivity index (χ0v) is 29.2. The lowest BCUT2D eigenvalue weighted by atomic mass is 10.1. The van der Waals surface area contributed by atoms with Crippen LogP contribution in [-0.2, 0) is 37.1 Å². The topological polar surface area (TPSA) is 189 Å². The molecular formula is C32H32Cl2F3N5O8S. The molecule has 5 N–H and O–H groups in total. The van der Waals surface area contributed by atoms with Crippen molar-refractivity contribution in [3.63, 3.8) is 0 Å². The minimum atomic E-state index is -5.08. The third-order valence-corrected chi connectivity index (χ3v) is 8.33. The number of rotatable bonds is 12. The van der Waals surface area contributed by atoms with Gasteiger partial charge in [-0.1, -0.05) is 65.7 Å². The number of aromatic amines is 1. The molecule has 0 unspecified atom stereocenters. The Morgan fingerprint density at radius 2 is 1.65 bits per heavy atom. The van der Waals surface area contributed by atoms with Crippen LogP contribution in [0.4, 0.5) is 28.4 Å². The van der Waals surface area contributed by atoms with E-state index < -0.39 is 40.1 Å². The lowest BCUT2D eigenvalue weighted by Crippen LogP contribution is -2.39. The van der Waals surface area contributed by atoms with Crippen molar-refractivity contribution in [2.75, 3.05) is 31.9 Å². The molecule has 0 aliphatic heterocycles. The van der Waals surface area contributed by atoms with Gasteiger partial charge in [-0.3, -0.25) is 5.32 Å². The maximum Gasteiger partial charge on any atom is 0.490 e. The van der Waals surface area contributed by atoms with Crippen LogP contribution in [0.15, 0.2) is 77.7 Å². The van der Waals surface area contributed by atoms with Crippen LogP contribution in [0.3, 0.4) is 0 Å². The number of aromatic nitrogens is 2. The van der Waals surface area contributed by atoms with E-state index in [2.05, 4.69) is 20.9 Å². The van der Waals surface area contributed by atoms with Gasteiger partial charge in [-0.2, -0.15) is 13.2 Å². The number of carboxylic acids is 1. The average molecular weight is 775 g/mol. The highest BCUT2D eigenvalue weighted by Gasteiger charge is 2.38. The van der Waals surface area contributed by atoms with Crippen LogP contribution in [0, 0.1) is 0 Å². The summed E-state index contributed by atoms with van der Waals surface area (Å²) >= 11 is 12.6. The maximum atomic E-state index is 13.1. The Morgan fingerprint density at radius 1 is 1.00 bits per heavy atom. The minimum absolute atomic E-state index is 0.0721. The van der Waals surface area contributed by atoms with Crippen molar-refractivity contribution in [2.24, 2.45) is 0 Å². The van der Waals surface area contributed by atoms with Gasteiger partial charge >= 0.3 is 24.3 Å². The van der Waals surface area contributed by atoms with Crippen LogP contribution in [0.1, 0.15) is 23.0 Å². The summed E-state index contributed by atoms with van der Waals surface area (Å²) in [6.07, 6.45) is -4.21. The van der Waals surface area contributed by atoms with Crippen molar-refractivity contribution < 1.29 is 50.6 Å². The molecule has 0 bridgehead atoms. The monoisotopic (exact) mass is 773 g/mol. The predicted octanol–water partition coefficient (Wildman–Crippen LogP) is 6.40. The number of benzene rings is 3. The Kier molecular flexibility index (Phi) is 14.7. The fraction of sp³-hybridized carbons (Fsp3) is 0.250. The van der Waals surface area contributed by atoms with Crippen molar-refractivity contribution in [3.8, 4) is 11.3 Å². The van der Waals surface area contributed by atoms with Gasteiger partial charge in [-0.25, -0.2) is 27.8 Å². The second-order valence-electron chi connectivity index (χ2n) is 10.5. The Balaban J connectivity index is 0.000000908. The van der Waals surface area contributed by atoms with E-state index in [4.69, 9.17) is 47.6 Å². The molecule has 1 atom stereocenters. The molecule has 3 aromatic carbocycles. The Morgan fingerprint density at radius 3 is 2.24 bits per heavy atom. The molecule has 0 aliphatic rings. The van der Waals surface area contributed by atoms with Crippen molar-refractivity contribution in [1.82, 2.24) is 20.6 Å². The SMILES string of the molecule is COCCOC(=O)Nc1ccc(-c2nc([C@H](Cc3ccccc3)NC(=O)NCc3cc(Cl)ccc3S(C)(=O)=O)[nH]c2Cl)cc1.O=C(O)C(F)(F)F. The van der Waals surface area contributed by atoms with Gasteiger partial charge in [0.25, 0.3) is 0 Å². The number of imidazole rings is 1. The van der Waals surface area contributed by atoms with Crippen LogP contribution in [0.2, 0.25) is 10.2 Å². The summed E-state index contributed by atoms with van der Waals surface area (Å²) in [5, 5.41) is 16.0. The number of hydrogen-bond acceptors (Lipinski definition) is 8. The number of nitrogens with zero attached hydrogens (tertiary/aromatic N) is 1. The van der Waals surface area contributed by atoms with Crippen molar-refractivity contribution in [3.05, 3.63) is 99.9 Å². The Bertz CT molecular complexity index is 1910. The number of hydrogen-bond donors (Lipinski definition) is 5. The summed E-state index contributed by atoms with van der Waals surface area (Å²) in [4.78, 5) is 41.7. The van der Waals surface area contributed by atoms with Gasteiger partial charge in [-0.15, -0.1) is 0 Å². The fourth-order valence-electron chi connectivity index (χ4n) is 4.31. The number of methoxy groups -OCH3 is 1. The fourth-order valence-corrected chi connectivity index (χ4v) is 5.67. The molecule has 19 heteroatoms. The van der Waals surface area contributed by atoms with Gasteiger partial charge in [0, 0.05) is 36.2 Å². The summed E-state index contributed by atoms with van der Waals surface area (Å²) in [7, 11) is -2.02. The standard InChI is InChI=1S/C30H31Cl2N5O6S.C2HF3O2/c1-42-14-15-43-30(39)34-23-11-8-20(9-12-23)26-27(32)37-28(36-26)24(16-19-6-4-3-5-7-19)35-29(38)33-18-21-17-22(31)10-13-25(21)44(2,40)41;3-2(4,5)1(6)7/h3-13,17,24H,14-16,18H2,1-2H3,(H,34,39)(H,36,37)(H2,33,35,38);(H,6,7)/t24-;/m0./s1. The zero-order chi connectivity index (χ0) is 37.8. The first-order chi connectivity index (χ1) is 24.0. The van der Waals surface area contributed by atoms with E-state index in [1.807, 2.05) is 30.3 Å². The Labute approximate surface area is 300 Å². The molecule has 4 aromatic rings. The number of nitrogens with one attached hydrogen (secondary N) is 4. The third kappa shape index (κ3) is 13.1. The first-order valence-corrected chi connectivity index (χ1v) is 17.3. The molecule has 0 saturated carbocycles. The number of carbonyl (C=O) groups excluding carboxylic acids is 2. The van der Waals surface area contributed by atoms with Gasteiger partial charge in [0.1, 0.15) is 23.3 Å². The molecule has 0 saturated heterocycles. The number of alkyl halides is 3. The van der Waals surface area contributed by atoms with Crippen LogP contribution >= 0.6 is 23.2 Å². The quantitative estimate of drug-likeness (QED) is 0.102. The van der Waals surface area contributed by atoms with Crippen molar-refractivity contribution in [1.29, 1.82) is 0 Å². The van der Waals surface area contributed by atoms with Crippen LogP contribution in [0.25, 0.3) is 11.3 Å². The smallest absolute Gasteiger partial charge is 0.475 e. The molecule has 51 heavy (non-hydrogen) atoms. The number of halogens is 5. The van der Waals surface area contributed by atoms with E-state index in [0.717, 1.165) is 11.8 Å². The summed E-state index contributed by atoms with van der Waals surface area (Å²) < 4.78 is 66.0. The van der Waals surface area contributed by atoms with Crippen LogP contribution in [-0.4, -0.2) is 74.3 Å².